The van der Waals surface area contributed by atoms with E-state index in [0.717, 1.165) is 0 Å². The lowest BCUT2D eigenvalue weighted by molar-refractivity contribution is -1.25. The molecule has 0 aliphatic carbocycles. The van der Waals surface area contributed by atoms with Gasteiger partial charge in [-0.3, -0.25) is 0 Å². The molecule has 0 saturated heterocycles. The quantitative estimate of drug-likeness (QED) is 0.445. The van der Waals surface area contributed by atoms with Crippen LogP contribution in [0.3, 0.4) is 0 Å². The van der Waals surface area contributed by atoms with E-state index in [9.17, 15) is 0 Å². The molecule has 0 heterocycles. The second kappa shape index (κ2) is 3.50. The molecule has 0 bridgehead atoms. The van der Waals surface area contributed by atoms with Gasteiger partial charge in [0.15, 0.2) is 0 Å². The first-order chi connectivity index (χ1) is 1.91. The van der Waals surface area contributed by atoms with Crippen molar-refractivity contribution >= 4 is 11.9 Å². The van der Waals surface area contributed by atoms with Crippen molar-refractivity contribution in [3.8, 4) is 0 Å². The van der Waals surface area contributed by atoms with Crippen LogP contribution in [0.4, 0.5) is 0 Å². The lowest BCUT2D eigenvalue weighted by Gasteiger charge is -1.57. The highest BCUT2D eigenvalue weighted by Crippen LogP contribution is 1.69. The molecule has 26 valence electrons. The molecule has 0 saturated carbocycles. The maximum atomic E-state index is 8.81. The molecule has 0 radical (unpaired) electrons. The fraction of sp³-hybridized carbons (Fsp3) is 0. The predicted molar refractivity (Wildman–Crippen MR) is 6.94 cm³/mol. The summed E-state index contributed by atoms with van der Waals surface area (Å²) in [5.41, 5.74) is 0. The van der Waals surface area contributed by atoms with E-state index in [2.05, 4.69) is 15.7 Å². The average molecular weight is 103 g/mol. The van der Waals surface area contributed by atoms with Gasteiger partial charge in [-0.25, -0.2) is 0 Å². The first-order valence-corrected chi connectivity index (χ1v) is 1.39. The molecule has 0 spiro atoms. The van der Waals surface area contributed by atoms with Crippen molar-refractivity contribution in [3.05, 3.63) is 0 Å². The normalized spacial score (nSPS) is 7.50. The standard InChI is InChI=1S/Cl2O2/c1-4-2-3. The first-order valence-electron chi connectivity index (χ1n) is 0.463. The van der Waals surface area contributed by atoms with Crippen LogP contribution in [-0.4, -0.2) is 0 Å². The van der Waals surface area contributed by atoms with Gasteiger partial charge in [-0.1, -0.05) is 0 Å². The summed E-state index contributed by atoms with van der Waals surface area (Å²) in [6, 6.07) is 0. The third-order valence-corrected chi connectivity index (χ3v) is 0.214. The van der Waals surface area contributed by atoms with Crippen LogP contribution in [0.1, 0.15) is 0 Å². The highest BCUT2D eigenvalue weighted by molar-refractivity contribution is 6.06. The SMILES string of the molecule is [O-][Cl+]OCl. The van der Waals surface area contributed by atoms with Gasteiger partial charge in [-0.15, -0.1) is 0 Å². The molecule has 0 rings (SSSR count). The lowest BCUT2D eigenvalue weighted by Crippen LogP contribution is -1.96. The van der Waals surface area contributed by atoms with Crippen molar-refractivity contribution in [2.24, 2.45) is 0 Å². The minimum atomic E-state index is 0.230. The Hall–Kier alpha value is 0.500. The number of rotatable bonds is 1. The molecule has 2 nitrogen and oxygen atoms in total. The van der Waals surface area contributed by atoms with Gasteiger partial charge in [-0.05, 0) is 0 Å². The van der Waals surface area contributed by atoms with Crippen LogP contribution in [0, 0.1) is 11.3 Å². The number of hydrogen-bond acceptors (Lipinski definition) is 2. The monoisotopic (exact) mass is 102 g/mol. The summed E-state index contributed by atoms with van der Waals surface area (Å²) in [7, 11) is 0. The minimum Gasteiger partial charge on any atom is -0.505 e. The Kier molecular flexibility index (Phi) is 3.94. The van der Waals surface area contributed by atoms with Gasteiger partial charge in [0.25, 0.3) is 0 Å². The molecule has 4 heteroatoms. The molecule has 0 aliphatic heterocycles. The maximum Gasteiger partial charge on any atom is 0.350 e. The lowest BCUT2D eigenvalue weighted by atomic mass is 15.9. The topological polar surface area (TPSA) is 32.3 Å². The second-order valence-electron chi connectivity index (χ2n) is 0.121. The van der Waals surface area contributed by atoms with Gasteiger partial charge < -0.3 is 4.66 Å². The van der Waals surface area contributed by atoms with Crippen LogP contribution in [0.5, 0.6) is 0 Å². The van der Waals surface area contributed by atoms with Crippen LogP contribution >= 0.6 is 11.9 Å². The molecular formula is Cl2O2. The first kappa shape index (κ1) is 4.50. The second-order valence-corrected chi connectivity index (χ2v) is 0.714. The van der Waals surface area contributed by atoms with E-state index in [-0.39, 0.29) is 11.3 Å². The van der Waals surface area contributed by atoms with Gasteiger partial charge in [-0.2, -0.15) is 0 Å². The van der Waals surface area contributed by atoms with E-state index in [1.54, 1.807) is 0 Å². The number of halogens is 2. The van der Waals surface area contributed by atoms with Crippen LogP contribution in [0.2, 0.25) is 0 Å². The summed E-state index contributed by atoms with van der Waals surface area (Å²) in [4.78, 5) is 0. The minimum absolute atomic E-state index is 0.230. The van der Waals surface area contributed by atoms with Gasteiger partial charge in [0.05, 0.1) is 0 Å². The molecule has 0 atom stereocenters. The van der Waals surface area contributed by atoms with Crippen LogP contribution in [0.15, 0.2) is 0 Å². The van der Waals surface area contributed by atoms with Crippen molar-refractivity contribution in [1.82, 2.24) is 0 Å². The molecule has 0 unspecified atom stereocenters. The van der Waals surface area contributed by atoms with E-state index in [1.165, 1.54) is 0 Å². The Labute approximate surface area is 32.6 Å². The Morgan fingerprint density at radius 2 is 2.25 bits per heavy atom. The highest BCUT2D eigenvalue weighted by Gasteiger charge is 1.73. The maximum absolute atomic E-state index is 8.81. The van der Waals surface area contributed by atoms with Gasteiger partial charge in [0, 0.05) is 3.84 Å². The zero-order chi connectivity index (χ0) is 3.41. The zero-order valence-corrected chi connectivity index (χ0v) is 3.08. The smallest absolute Gasteiger partial charge is 0.350 e. The summed E-state index contributed by atoms with van der Waals surface area (Å²) in [6.07, 6.45) is 0. The largest absolute Gasteiger partial charge is 0.505 e. The zero-order valence-electron chi connectivity index (χ0n) is 1.57. The molecule has 0 aromatic carbocycles. The third-order valence-electron chi connectivity index (χ3n) is 0.0238. The predicted octanol–water partition coefficient (Wildman–Crippen LogP) is -0.568. The Morgan fingerprint density at radius 1 is 2.00 bits per heavy atom. The highest BCUT2D eigenvalue weighted by atomic mass is 35.6. The molecule has 0 fully saturated rings. The van der Waals surface area contributed by atoms with E-state index in [1.807, 2.05) is 0 Å². The van der Waals surface area contributed by atoms with Gasteiger partial charge in [0.1, 0.15) is 11.9 Å². The van der Waals surface area contributed by atoms with Crippen molar-refractivity contribution in [2.45, 2.75) is 0 Å². The van der Waals surface area contributed by atoms with Crippen LogP contribution in [0.25, 0.3) is 0 Å². The Morgan fingerprint density at radius 3 is 2.25 bits per heavy atom. The molecule has 0 amide bonds. The molecule has 0 aromatic rings. The fourth-order valence-electron chi connectivity index (χ4n) is 0. The fourth-order valence-corrected chi connectivity index (χ4v) is 0. The Balaban J connectivity index is 1.97. The van der Waals surface area contributed by atoms with Crippen molar-refractivity contribution in [2.75, 3.05) is 0 Å². The third kappa shape index (κ3) is 2.50. The average Bonchev–Trinajstić information content (AvgIpc) is 1.37. The van der Waals surface area contributed by atoms with Gasteiger partial charge >= 0.3 is 11.3 Å². The van der Waals surface area contributed by atoms with E-state index >= 15 is 0 Å². The van der Waals surface area contributed by atoms with Crippen LogP contribution in [-0.2, 0) is 3.84 Å². The summed E-state index contributed by atoms with van der Waals surface area (Å²) in [6.45, 7) is 0. The van der Waals surface area contributed by atoms with Crippen molar-refractivity contribution in [3.63, 3.8) is 0 Å². The summed E-state index contributed by atoms with van der Waals surface area (Å²) in [5, 5.41) is 0. The molecule has 4 heavy (non-hydrogen) atoms. The summed E-state index contributed by atoms with van der Waals surface area (Å²) < 4.78 is 12.1. The van der Waals surface area contributed by atoms with E-state index in [4.69, 9.17) is 4.66 Å². The van der Waals surface area contributed by atoms with E-state index < -0.39 is 0 Å². The van der Waals surface area contributed by atoms with Crippen LogP contribution < -0.4 is 4.66 Å². The number of hydrogen-bond donors (Lipinski definition) is 0. The summed E-state index contributed by atoms with van der Waals surface area (Å²) in [5.74, 6) is 0. The molecule has 0 N–H and O–H groups in total. The molecule has 0 aromatic heterocycles. The van der Waals surface area contributed by atoms with Crippen molar-refractivity contribution < 1.29 is 19.8 Å². The van der Waals surface area contributed by atoms with E-state index in [0.29, 0.717) is 0 Å². The summed E-state index contributed by atoms with van der Waals surface area (Å²) >= 11 is 4.54. The molecular weight excluding hydrogens is 103 g/mol. The Bertz CT molecular complexity index is 6.00. The van der Waals surface area contributed by atoms with Crippen molar-refractivity contribution in [1.29, 1.82) is 0 Å². The molecule has 0 aliphatic rings. The van der Waals surface area contributed by atoms with Gasteiger partial charge in [0.2, 0.25) is 0 Å².